The molecule has 24 heavy (non-hydrogen) atoms. The predicted octanol–water partition coefficient (Wildman–Crippen LogP) is 3.49. The molecule has 0 atom stereocenters. The fourth-order valence-corrected chi connectivity index (χ4v) is 2.14. The molecule has 2 N–H and O–H groups in total. The first-order valence-electron chi connectivity index (χ1n) is 7.47. The maximum absolute atomic E-state index is 12.2. The van der Waals surface area contributed by atoms with Crippen molar-refractivity contribution in [3.8, 4) is 0 Å². The molecule has 0 heterocycles. The van der Waals surface area contributed by atoms with Crippen molar-refractivity contribution >= 4 is 29.3 Å². The molecule has 2 aromatic rings. The van der Waals surface area contributed by atoms with Gasteiger partial charge in [0.15, 0.2) is 0 Å². The summed E-state index contributed by atoms with van der Waals surface area (Å²) in [5.74, 6) is -1.30. The average Bonchev–Trinajstić information content (AvgIpc) is 2.55. The molecule has 5 heteroatoms. The second-order valence-corrected chi connectivity index (χ2v) is 5.65. The molecule has 0 unspecified atom stereocenters. The van der Waals surface area contributed by atoms with Gasteiger partial charge in [-0.3, -0.25) is 4.79 Å². The molecule has 0 aliphatic rings. The van der Waals surface area contributed by atoms with Crippen molar-refractivity contribution in [2.24, 2.45) is 0 Å². The standard InChI is InChI=1S/C19H20N2O3/c1-13(11-14-7-9-17(10-8-14)21(2)3)18(22)20-16-6-4-5-15(12-16)19(23)24/h4-12H,1-3H3,(H,20,22)(H,23,24)/b13-11+. The molecule has 1 amide bonds. The Hall–Kier alpha value is -3.08. The number of carbonyl (C=O) groups is 2. The van der Waals surface area contributed by atoms with Crippen LogP contribution in [0.15, 0.2) is 54.1 Å². The number of carbonyl (C=O) groups excluding carboxylic acids is 1. The van der Waals surface area contributed by atoms with Gasteiger partial charge in [-0.1, -0.05) is 18.2 Å². The van der Waals surface area contributed by atoms with Crippen LogP contribution >= 0.6 is 0 Å². The summed E-state index contributed by atoms with van der Waals surface area (Å²) in [5.41, 5.74) is 3.13. The first kappa shape index (κ1) is 17.3. The summed E-state index contributed by atoms with van der Waals surface area (Å²) in [7, 11) is 3.93. The van der Waals surface area contributed by atoms with Gasteiger partial charge in [0, 0.05) is 31.0 Å². The summed E-state index contributed by atoms with van der Waals surface area (Å²) in [5, 5.41) is 11.7. The number of hydrogen-bond donors (Lipinski definition) is 2. The second-order valence-electron chi connectivity index (χ2n) is 5.65. The molecule has 0 radical (unpaired) electrons. The quantitative estimate of drug-likeness (QED) is 0.826. The Morgan fingerprint density at radius 1 is 1.08 bits per heavy atom. The van der Waals surface area contributed by atoms with Gasteiger partial charge in [0.2, 0.25) is 0 Å². The van der Waals surface area contributed by atoms with E-state index < -0.39 is 5.97 Å². The molecule has 0 aliphatic carbocycles. The molecule has 0 fully saturated rings. The van der Waals surface area contributed by atoms with E-state index in [9.17, 15) is 9.59 Å². The van der Waals surface area contributed by atoms with Crippen LogP contribution in [0.1, 0.15) is 22.8 Å². The highest BCUT2D eigenvalue weighted by molar-refractivity contribution is 6.06. The van der Waals surface area contributed by atoms with E-state index in [2.05, 4.69) is 5.32 Å². The van der Waals surface area contributed by atoms with E-state index in [1.54, 1.807) is 25.1 Å². The Bertz CT molecular complexity index is 777. The van der Waals surface area contributed by atoms with Crippen LogP contribution in [-0.4, -0.2) is 31.1 Å². The Morgan fingerprint density at radius 3 is 2.33 bits per heavy atom. The van der Waals surface area contributed by atoms with Crippen LogP contribution in [-0.2, 0) is 4.79 Å². The SMILES string of the molecule is C/C(=C\c1ccc(N(C)C)cc1)C(=O)Nc1cccc(C(=O)O)c1. The van der Waals surface area contributed by atoms with Gasteiger partial charge in [-0.25, -0.2) is 4.79 Å². The zero-order valence-electron chi connectivity index (χ0n) is 13.9. The van der Waals surface area contributed by atoms with Crippen molar-refractivity contribution < 1.29 is 14.7 Å². The zero-order chi connectivity index (χ0) is 17.7. The van der Waals surface area contributed by atoms with Gasteiger partial charge in [0.05, 0.1) is 5.56 Å². The zero-order valence-corrected chi connectivity index (χ0v) is 13.9. The number of hydrogen-bond acceptors (Lipinski definition) is 3. The lowest BCUT2D eigenvalue weighted by atomic mass is 10.1. The van der Waals surface area contributed by atoms with Crippen molar-refractivity contribution in [2.45, 2.75) is 6.92 Å². The molecule has 2 rings (SSSR count). The highest BCUT2D eigenvalue weighted by Crippen LogP contribution is 2.16. The molecule has 0 saturated heterocycles. The Balaban J connectivity index is 2.11. The van der Waals surface area contributed by atoms with Crippen molar-refractivity contribution in [3.63, 3.8) is 0 Å². The van der Waals surface area contributed by atoms with Gasteiger partial charge in [-0.15, -0.1) is 0 Å². The van der Waals surface area contributed by atoms with Gasteiger partial charge >= 0.3 is 5.97 Å². The third-order valence-corrected chi connectivity index (χ3v) is 3.52. The molecule has 0 spiro atoms. The number of amides is 1. The summed E-state index contributed by atoms with van der Waals surface area (Å²) in [6.45, 7) is 1.72. The number of aromatic carboxylic acids is 1. The normalized spacial score (nSPS) is 11.0. The van der Waals surface area contributed by atoms with Crippen LogP contribution in [0, 0.1) is 0 Å². The molecule has 0 aromatic heterocycles. The van der Waals surface area contributed by atoms with E-state index >= 15 is 0 Å². The van der Waals surface area contributed by atoms with E-state index in [-0.39, 0.29) is 11.5 Å². The molecule has 0 bridgehead atoms. The highest BCUT2D eigenvalue weighted by atomic mass is 16.4. The number of anilines is 2. The van der Waals surface area contributed by atoms with Gasteiger partial charge in [0.1, 0.15) is 0 Å². The van der Waals surface area contributed by atoms with Crippen molar-refractivity contribution in [1.29, 1.82) is 0 Å². The Kier molecular flexibility index (Phi) is 5.37. The van der Waals surface area contributed by atoms with Crippen molar-refractivity contribution in [3.05, 3.63) is 65.2 Å². The third-order valence-electron chi connectivity index (χ3n) is 3.52. The van der Waals surface area contributed by atoms with Crippen molar-refractivity contribution in [1.82, 2.24) is 0 Å². The van der Waals surface area contributed by atoms with Crippen LogP contribution in [0.25, 0.3) is 6.08 Å². The summed E-state index contributed by atoms with van der Waals surface area (Å²) in [4.78, 5) is 25.2. The average molecular weight is 324 g/mol. The minimum Gasteiger partial charge on any atom is -0.478 e. The van der Waals surface area contributed by atoms with Crippen LogP contribution in [0.4, 0.5) is 11.4 Å². The number of benzene rings is 2. The number of nitrogens with zero attached hydrogens (tertiary/aromatic N) is 1. The largest absolute Gasteiger partial charge is 0.478 e. The fourth-order valence-electron chi connectivity index (χ4n) is 2.14. The fraction of sp³-hybridized carbons (Fsp3) is 0.158. The van der Waals surface area contributed by atoms with Crippen LogP contribution in [0.5, 0.6) is 0 Å². The number of carboxylic acid groups (broad SMARTS) is 1. The molecule has 2 aromatic carbocycles. The number of rotatable bonds is 5. The first-order chi connectivity index (χ1) is 11.4. The molecular weight excluding hydrogens is 304 g/mol. The maximum Gasteiger partial charge on any atom is 0.335 e. The molecule has 124 valence electrons. The third kappa shape index (κ3) is 4.46. The lowest BCUT2D eigenvalue weighted by Crippen LogP contribution is -2.13. The minimum absolute atomic E-state index is 0.133. The van der Waals surface area contributed by atoms with E-state index in [1.165, 1.54) is 12.1 Å². The molecular formula is C19H20N2O3. The summed E-state index contributed by atoms with van der Waals surface area (Å²) < 4.78 is 0. The minimum atomic E-state index is -1.03. The topological polar surface area (TPSA) is 69.6 Å². The Labute approximate surface area is 141 Å². The smallest absolute Gasteiger partial charge is 0.335 e. The van der Waals surface area contributed by atoms with Crippen LogP contribution in [0.3, 0.4) is 0 Å². The summed E-state index contributed by atoms with van der Waals surface area (Å²) >= 11 is 0. The molecule has 5 nitrogen and oxygen atoms in total. The van der Waals surface area contributed by atoms with E-state index in [0.29, 0.717) is 11.3 Å². The van der Waals surface area contributed by atoms with Gasteiger partial charge in [-0.05, 0) is 48.9 Å². The van der Waals surface area contributed by atoms with Gasteiger partial charge < -0.3 is 15.3 Å². The maximum atomic E-state index is 12.2. The second kappa shape index (κ2) is 7.46. The Morgan fingerprint density at radius 2 is 1.75 bits per heavy atom. The van der Waals surface area contributed by atoms with Gasteiger partial charge in [0.25, 0.3) is 5.91 Å². The van der Waals surface area contributed by atoms with Crippen molar-refractivity contribution in [2.75, 3.05) is 24.3 Å². The first-order valence-corrected chi connectivity index (χ1v) is 7.47. The van der Waals surface area contributed by atoms with Gasteiger partial charge in [-0.2, -0.15) is 0 Å². The summed E-state index contributed by atoms with van der Waals surface area (Å²) in [6.07, 6.45) is 1.79. The van der Waals surface area contributed by atoms with E-state index in [4.69, 9.17) is 5.11 Å². The van der Waals surface area contributed by atoms with Crippen LogP contribution < -0.4 is 10.2 Å². The van der Waals surface area contributed by atoms with E-state index in [0.717, 1.165) is 11.3 Å². The summed E-state index contributed by atoms with van der Waals surface area (Å²) in [6, 6.07) is 14.0. The molecule has 0 saturated carbocycles. The monoisotopic (exact) mass is 324 g/mol. The molecule has 0 aliphatic heterocycles. The van der Waals surface area contributed by atoms with E-state index in [1.807, 2.05) is 43.3 Å². The lowest BCUT2D eigenvalue weighted by molar-refractivity contribution is -0.112. The highest BCUT2D eigenvalue weighted by Gasteiger charge is 2.08. The number of carboxylic acids is 1. The van der Waals surface area contributed by atoms with Crippen LogP contribution in [0.2, 0.25) is 0 Å². The number of nitrogens with one attached hydrogen (secondary N) is 1. The predicted molar refractivity (Wildman–Crippen MR) is 96.5 cm³/mol. The lowest BCUT2D eigenvalue weighted by Gasteiger charge is -2.12.